The van der Waals surface area contributed by atoms with Gasteiger partial charge in [0.25, 0.3) is 0 Å². The zero-order valence-electron chi connectivity index (χ0n) is 9.88. The number of benzene rings is 1. The van der Waals surface area contributed by atoms with Crippen molar-refractivity contribution < 1.29 is 9.84 Å². The third kappa shape index (κ3) is 3.29. The van der Waals surface area contributed by atoms with Crippen LogP contribution in [0.25, 0.3) is 0 Å². The van der Waals surface area contributed by atoms with Gasteiger partial charge in [-0.2, -0.15) is 0 Å². The van der Waals surface area contributed by atoms with Gasteiger partial charge in [0, 0.05) is 24.2 Å². The quantitative estimate of drug-likeness (QED) is 0.836. The number of aryl methyl sites for hydroxylation is 1. The Morgan fingerprint density at radius 2 is 2.19 bits per heavy atom. The number of aliphatic hydroxyl groups is 1. The smallest absolute Gasteiger partial charge is 0.143 e. The number of nitrogens with one attached hydrogen (secondary N) is 1. The second kappa shape index (κ2) is 5.97. The number of methoxy groups -OCH3 is 1. The van der Waals surface area contributed by atoms with Crippen LogP contribution >= 0.6 is 11.6 Å². The number of hydrogen-bond donors (Lipinski definition) is 2. The largest absolute Gasteiger partial charge is 0.495 e. The SMILES string of the molecule is COc1cc(Cl)c(C)cc1NCC(C)CO. The van der Waals surface area contributed by atoms with E-state index in [0.717, 1.165) is 17.0 Å². The molecule has 90 valence electrons. The van der Waals surface area contributed by atoms with Crippen molar-refractivity contribution in [2.75, 3.05) is 25.6 Å². The molecule has 0 aromatic heterocycles. The first-order chi connectivity index (χ1) is 7.58. The molecule has 0 aliphatic carbocycles. The molecule has 0 aliphatic heterocycles. The van der Waals surface area contributed by atoms with Crippen LogP contribution in [0.2, 0.25) is 5.02 Å². The topological polar surface area (TPSA) is 41.5 Å². The molecule has 0 saturated heterocycles. The van der Waals surface area contributed by atoms with Crippen LogP contribution in [-0.2, 0) is 0 Å². The lowest BCUT2D eigenvalue weighted by Gasteiger charge is -2.15. The van der Waals surface area contributed by atoms with E-state index in [4.69, 9.17) is 21.4 Å². The van der Waals surface area contributed by atoms with Crippen molar-refractivity contribution in [2.24, 2.45) is 5.92 Å². The molecule has 0 bridgehead atoms. The summed E-state index contributed by atoms with van der Waals surface area (Å²) in [5.74, 6) is 0.932. The molecule has 0 amide bonds. The van der Waals surface area contributed by atoms with E-state index < -0.39 is 0 Å². The second-order valence-electron chi connectivity index (χ2n) is 3.97. The van der Waals surface area contributed by atoms with Crippen LogP contribution in [-0.4, -0.2) is 25.4 Å². The average molecular weight is 244 g/mol. The fourth-order valence-corrected chi connectivity index (χ4v) is 1.47. The molecule has 1 aromatic carbocycles. The maximum atomic E-state index is 8.95. The van der Waals surface area contributed by atoms with Gasteiger partial charge >= 0.3 is 0 Å². The van der Waals surface area contributed by atoms with E-state index in [9.17, 15) is 0 Å². The van der Waals surface area contributed by atoms with Crippen molar-refractivity contribution in [1.29, 1.82) is 0 Å². The van der Waals surface area contributed by atoms with Gasteiger partial charge in [0.1, 0.15) is 5.75 Å². The molecule has 0 fully saturated rings. The van der Waals surface area contributed by atoms with E-state index in [-0.39, 0.29) is 12.5 Å². The lowest BCUT2D eigenvalue weighted by atomic mass is 10.1. The monoisotopic (exact) mass is 243 g/mol. The third-order valence-electron chi connectivity index (χ3n) is 2.43. The number of aliphatic hydroxyl groups excluding tert-OH is 1. The maximum Gasteiger partial charge on any atom is 0.143 e. The highest BCUT2D eigenvalue weighted by atomic mass is 35.5. The third-order valence-corrected chi connectivity index (χ3v) is 2.84. The van der Waals surface area contributed by atoms with Crippen molar-refractivity contribution >= 4 is 17.3 Å². The normalized spacial score (nSPS) is 12.3. The van der Waals surface area contributed by atoms with Gasteiger partial charge in [-0.25, -0.2) is 0 Å². The van der Waals surface area contributed by atoms with E-state index in [0.29, 0.717) is 11.6 Å². The number of ether oxygens (including phenoxy) is 1. The summed E-state index contributed by atoms with van der Waals surface area (Å²) in [6.45, 7) is 4.79. The predicted octanol–water partition coefficient (Wildman–Crippen LogP) is 2.70. The number of rotatable bonds is 5. The van der Waals surface area contributed by atoms with Crippen LogP contribution < -0.4 is 10.1 Å². The van der Waals surface area contributed by atoms with Crippen LogP contribution in [0.1, 0.15) is 12.5 Å². The Hall–Kier alpha value is -0.930. The van der Waals surface area contributed by atoms with E-state index in [1.54, 1.807) is 13.2 Å². The van der Waals surface area contributed by atoms with Gasteiger partial charge in [0.2, 0.25) is 0 Å². The van der Waals surface area contributed by atoms with Gasteiger partial charge in [0.15, 0.2) is 0 Å². The first-order valence-electron chi connectivity index (χ1n) is 5.27. The molecule has 0 heterocycles. The summed E-state index contributed by atoms with van der Waals surface area (Å²) in [5.41, 5.74) is 1.91. The van der Waals surface area contributed by atoms with Crippen molar-refractivity contribution in [2.45, 2.75) is 13.8 Å². The minimum Gasteiger partial charge on any atom is -0.495 e. The molecule has 0 saturated carbocycles. The lowest BCUT2D eigenvalue weighted by molar-refractivity contribution is 0.244. The van der Waals surface area contributed by atoms with Crippen LogP contribution in [0.3, 0.4) is 0 Å². The van der Waals surface area contributed by atoms with Gasteiger partial charge < -0.3 is 15.2 Å². The Morgan fingerprint density at radius 1 is 1.50 bits per heavy atom. The maximum absolute atomic E-state index is 8.95. The Morgan fingerprint density at radius 3 is 2.75 bits per heavy atom. The highest BCUT2D eigenvalue weighted by Gasteiger charge is 2.07. The molecule has 3 nitrogen and oxygen atoms in total. The summed E-state index contributed by atoms with van der Waals surface area (Å²) >= 11 is 6.01. The highest BCUT2D eigenvalue weighted by Crippen LogP contribution is 2.30. The first-order valence-corrected chi connectivity index (χ1v) is 5.65. The fourth-order valence-electron chi connectivity index (χ4n) is 1.32. The number of anilines is 1. The molecule has 0 radical (unpaired) electrons. The summed E-state index contributed by atoms with van der Waals surface area (Å²) in [5, 5.41) is 12.9. The van der Waals surface area contributed by atoms with Crippen molar-refractivity contribution in [3.63, 3.8) is 0 Å². The number of halogens is 1. The molecule has 16 heavy (non-hydrogen) atoms. The van der Waals surface area contributed by atoms with E-state index in [1.165, 1.54) is 0 Å². The summed E-state index contributed by atoms with van der Waals surface area (Å²) in [6.07, 6.45) is 0. The summed E-state index contributed by atoms with van der Waals surface area (Å²) in [4.78, 5) is 0. The van der Waals surface area contributed by atoms with Gasteiger partial charge in [-0.15, -0.1) is 0 Å². The van der Waals surface area contributed by atoms with Gasteiger partial charge in [-0.3, -0.25) is 0 Å². The minimum absolute atomic E-state index is 0.169. The molecule has 4 heteroatoms. The lowest BCUT2D eigenvalue weighted by Crippen LogP contribution is -2.15. The Balaban J connectivity index is 2.81. The van der Waals surface area contributed by atoms with E-state index in [2.05, 4.69) is 5.32 Å². The first kappa shape index (κ1) is 13.1. The highest BCUT2D eigenvalue weighted by molar-refractivity contribution is 6.31. The second-order valence-corrected chi connectivity index (χ2v) is 4.38. The van der Waals surface area contributed by atoms with Crippen molar-refractivity contribution in [3.05, 3.63) is 22.7 Å². The summed E-state index contributed by atoms with van der Waals surface area (Å²) < 4.78 is 5.24. The van der Waals surface area contributed by atoms with Crippen LogP contribution in [0.5, 0.6) is 5.75 Å². The molecule has 1 aromatic rings. The van der Waals surface area contributed by atoms with Gasteiger partial charge in [0.05, 0.1) is 12.8 Å². The van der Waals surface area contributed by atoms with Crippen molar-refractivity contribution in [1.82, 2.24) is 0 Å². The minimum atomic E-state index is 0.169. The Bertz CT molecular complexity index is 355. The average Bonchev–Trinajstić information content (AvgIpc) is 2.29. The van der Waals surface area contributed by atoms with Crippen LogP contribution in [0, 0.1) is 12.8 Å². The van der Waals surface area contributed by atoms with Gasteiger partial charge in [-0.1, -0.05) is 18.5 Å². The molecular formula is C12H18ClNO2. The molecule has 1 atom stereocenters. The molecule has 0 aliphatic rings. The predicted molar refractivity (Wildman–Crippen MR) is 67.5 cm³/mol. The molecular weight excluding hydrogens is 226 g/mol. The molecule has 1 rings (SSSR count). The van der Waals surface area contributed by atoms with Gasteiger partial charge in [-0.05, 0) is 24.5 Å². The van der Waals surface area contributed by atoms with Crippen molar-refractivity contribution in [3.8, 4) is 5.75 Å². The zero-order valence-corrected chi connectivity index (χ0v) is 10.6. The van der Waals surface area contributed by atoms with Crippen LogP contribution in [0.4, 0.5) is 5.69 Å². The molecule has 2 N–H and O–H groups in total. The van der Waals surface area contributed by atoms with Crippen LogP contribution in [0.15, 0.2) is 12.1 Å². The number of hydrogen-bond acceptors (Lipinski definition) is 3. The summed E-state index contributed by atoms with van der Waals surface area (Å²) in [7, 11) is 1.61. The standard InChI is InChI=1S/C12H18ClNO2/c1-8(7-15)6-14-11-4-9(2)10(13)5-12(11)16-3/h4-5,8,14-15H,6-7H2,1-3H3. The Kier molecular flexibility index (Phi) is 4.90. The molecule has 1 unspecified atom stereocenters. The zero-order chi connectivity index (χ0) is 12.1. The van der Waals surface area contributed by atoms with E-state index in [1.807, 2.05) is 19.9 Å². The molecule has 0 spiro atoms. The summed E-state index contributed by atoms with van der Waals surface area (Å²) in [6, 6.07) is 3.74. The fraction of sp³-hybridized carbons (Fsp3) is 0.500. The Labute approximate surface area is 101 Å². The van der Waals surface area contributed by atoms with E-state index >= 15 is 0 Å².